The number of rotatable bonds is 18. The molecule has 3 heterocycles. The van der Waals surface area contributed by atoms with Crippen LogP contribution in [0.3, 0.4) is 0 Å². The minimum Gasteiger partial charge on any atom is -0.442 e. The molecule has 296 valence electrons. The predicted octanol–water partition coefficient (Wildman–Crippen LogP) is 12.7. The molecule has 0 unspecified atom stereocenters. The molecule has 0 aromatic carbocycles. The first-order chi connectivity index (χ1) is 23.5. The second-order valence-electron chi connectivity index (χ2n) is 19.3. The third-order valence-corrected chi connectivity index (χ3v) is 10.9. The van der Waals surface area contributed by atoms with Crippen LogP contribution in [0, 0.1) is 0 Å². The predicted molar refractivity (Wildman–Crippen MR) is 228 cm³/mol. The van der Waals surface area contributed by atoms with Crippen molar-refractivity contribution >= 4 is 48.9 Å². The monoisotopic (exact) mass is 847 g/mol. The maximum absolute atomic E-state index is 5.13. The molecule has 2 aromatic heterocycles. The Bertz CT molecular complexity index is 1140. The topological polar surface area (TPSA) is 63.2 Å². The van der Waals surface area contributed by atoms with Gasteiger partial charge in [0.2, 0.25) is 0 Å². The first kappa shape index (κ1) is 51.7. The molecule has 52 heavy (non-hydrogen) atoms. The molecular formula is C46H84BaN4O. The summed E-state index contributed by atoms with van der Waals surface area (Å²) in [5.41, 5.74) is 5.51. The van der Waals surface area contributed by atoms with Gasteiger partial charge in [-0.25, -0.2) is 0 Å². The zero-order chi connectivity index (χ0) is 39.3. The van der Waals surface area contributed by atoms with Crippen LogP contribution in [0.4, 0.5) is 0 Å². The van der Waals surface area contributed by atoms with E-state index >= 15 is 0 Å². The number of hydrogen-bond acceptors (Lipinski definition) is 3. The Morgan fingerprint density at radius 2 is 0.692 bits per heavy atom. The van der Waals surface area contributed by atoms with Crippen LogP contribution < -0.4 is 9.97 Å². The first-order valence-electron chi connectivity index (χ1n) is 20.9. The van der Waals surface area contributed by atoms with Crippen LogP contribution in [0.15, 0.2) is 12.2 Å². The summed E-state index contributed by atoms with van der Waals surface area (Å²) in [6.45, 7) is 43.0. The molecule has 1 aliphatic rings. The summed E-state index contributed by atoms with van der Waals surface area (Å²) in [6.07, 6.45) is 18.0. The van der Waals surface area contributed by atoms with Crippen molar-refractivity contribution in [1.29, 1.82) is 0 Å². The van der Waals surface area contributed by atoms with Crippen LogP contribution >= 0.6 is 0 Å². The standard InChI is InChI=1S/2C21H39N2.C4H6O.Ba/c2*1-10-13-19(4,5)16-17(20(6,7)14-11-2)23-18(22-16)21(8,9)15-12-3;1-2-4-5-3-1;/h2*10-15H2,1-9H3;1-2H,3-4H2;/q2*-1;;+2. The molecule has 3 rings (SSSR count). The molecule has 0 fully saturated rings. The second kappa shape index (κ2) is 22.4. The Balaban J connectivity index is 0.000000863. The van der Waals surface area contributed by atoms with Gasteiger partial charge in [0.25, 0.3) is 0 Å². The van der Waals surface area contributed by atoms with E-state index in [-0.39, 0.29) is 81.4 Å². The Morgan fingerprint density at radius 3 is 0.923 bits per heavy atom. The quantitative estimate of drug-likeness (QED) is 0.110. The SMILES string of the molecule is C1=CCOC1.CCCC(C)(C)c1nc(C(C)(C)CCC)c(C(C)(C)CCC)[n-]1.CCCC(C)(C)c1nc(C(C)(C)CCC)c(C(C)(C)CCC)[n-]1.[Ba+2]. The summed E-state index contributed by atoms with van der Waals surface area (Å²) in [6, 6.07) is 0. The van der Waals surface area contributed by atoms with Gasteiger partial charge in [0.1, 0.15) is 0 Å². The zero-order valence-electron chi connectivity index (χ0n) is 38.0. The van der Waals surface area contributed by atoms with Crippen molar-refractivity contribution in [2.75, 3.05) is 13.2 Å². The van der Waals surface area contributed by atoms with Crippen molar-refractivity contribution in [3.8, 4) is 0 Å². The molecule has 0 saturated heterocycles. The van der Waals surface area contributed by atoms with Crippen molar-refractivity contribution < 1.29 is 4.74 Å². The normalized spacial score (nSPS) is 14.0. The van der Waals surface area contributed by atoms with Gasteiger partial charge in [0.05, 0.1) is 13.2 Å². The molecule has 2 aromatic rings. The minimum absolute atomic E-state index is 0. The number of ether oxygens (including phenoxy) is 1. The number of imidazole rings is 2. The van der Waals surface area contributed by atoms with Crippen molar-refractivity contribution in [2.24, 2.45) is 0 Å². The zero-order valence-corrected chi connectivity index (χ0v) is 42.4. The van der Waals surface area contributed by atoms with Gasteiger partial charge in [-0.3, -0.25) is 0 Å². The van der Waals surface area contributed by atoms with Crippen molar-refractivity contribution in [3.05, 3.63) is 46.6 Å². The fourth-order valence-corrected chi connectivity index (χ4v) is 7.97. The Labute approximate surface area is 364 Å². The van der Waals surface area contributed by atoms with E-state index < -0.39 is 0 Å². The van der Waals surface area contributed by atoms with Gasteiger partial charge in [-0.05, 0) is 71.0 Å². The van der Waals surface area contributed by atoms with Gasteiger partial charge in [-0.1, -0.05) is 210 Å². The fourth-order valence-electron chi connectivity index (χ4n) is 7.97. The molecule has 0 saturated carbocycles. The largest absolute Gasteiger partial charge is 2.00 e. The Morgan fingerprint density at radius 1 is 0.442 bits per heavy atom. The smallest absolute Gasteiger partial charge is 0.442 e. The Hall–Kier alpha value is -0.309. The minimum atomic E-state index is 0. The summed E-state index contributed by atoms with van der Waals surface area (Å²) < 4.78 is 4.83. The van der Waals surface area contributed by atoms with Crippen LogP contribution in [-0.2, 0) is 37.2 Å². The maximum Gasteiger partial charge on any atom is 2.00 e. The molecule has 0 atom stereocenters. The summed E-state index contributed by atoms with van der Waals surface area (Å²) in [5.74, 6) is 2.11. The molecule has 1 aliphatic heterocycles. The van der Waals surface area contributed by atoms with Gasteiger partial charge >= 0.3 is 48.9 Å². The van der Waals surface area contributed by atoms with Crippen LogP contribution in [0.25, 0.3) is 0 Å². The van der Waals surface area contributed by atoms with Crippen molar-refractivity contribution in [3.63, 3.8) is 0 Å². The third kappa shape index (κ3) is 15.0. The van der Waals surface area contributed by atoms with E-state index in [1.54, 1.807) is 0 Å². The van der Waals surface area contributed by atoms with E-state index in [4.69, 9.17) is 24.7 Å². The molecule has 0 aliphatic carbocycles. The number of hydrogen-bond donors (Lipinski definition) is 0. The Kier molecular flexibility index (Phi) is 22.3. The van der Waals surface area contributed by atoms with Gasteiger partial charge in [0, 0.05) is 0 Å². The molecule has 0 bridgehead atoms. The molecule has 0 spiro atoms. The number of nitrogens with zero attached hydrogens (tertiary/aromatic N) is 4. The van der Waals surface area contributed by atoms with E-state index in [2.05, 4.69) is 125 Å². The van der Waals surface area contributed by atoms with E-state index in [1.165, 1.54) is 61.3 Å². The maximum atomic E-state index is 5.13. The second-order valence-corrected chi connectivity index (χ2v) is 19.3. The van der Waals surface area contributed by atoms with Gasteiger partial charge in [0.15, 0.2) is 0 Å². The molecule has 0 amide bonds. The van der Waals surface area contributed by atoms with E-state index in [0.29, 0.717) is 0 Å². The van der Waals surface area contributed by atoms with Crippen LogP contribution in [0.2, 0.25) is 0 Å². The summed E-state index contributed by atoms with van der Waals surface area (Å²) >= 11 is 0. The average Bonchev–Trinajstić information content (AvgIpc) is 3.80. The molecule has 0 radical (unpaired) electrons. The summed E-state index contributed by atoms with van der Waals surface area (Å²) in [7, 11) is 0. The fraction of sp³-hybridized carbons (Fsp3) is 0.826. The van der Waals surface area contributed by atoms with E-state index in [9.17, 15) is 0 Å². The third-order valence-electron chi connectivity index (χ3n) is 10.9. The molecular weight excluding hydrogens is 762 g/mol. The average molecular weight is 847 g/mol. The molecule has 0 N–H and O–H groups in total. The van der Waals surface area contributed by atoms with E-state index in [0.717, 1.165) is 63.4 Å². The van der Waals surface area contributed by atoms with Gasteiger partial charge in [-0.2, -0.15) is 0 Å². The van der Waals surface area contributed by atoms with Crippen LogP contribution in [0.1, 0.15) is 236 Å². The summed E-state index contributed by atoms with van der Waals surface area (Å²) in [5, 5.41) is 0. The van der Waals surface area contributed by atoms with Crippen LogP contribution in [0.5, 0.6) is 0 Å². The van der Waals surface area contributed by atoms with Gasteiger partial charge in [-0.15, -0.1) is 0 Å². The molecule has 6 heteroatoms. The van der Waals surface area contributed by atoms with Crippen molar-refractivity contribution in [2.45, 2.75) is 234 Å². The first-order valence-corrected chi connectivity index (χ1v) is 20.9. The summed E-state index contributed by atoms with van der Waals surface area (Å²) in [4.78, 5) is 20.5. The van der Waals surface area contributed by atoms with Crippen LogP contribution in [-0.4, -0.2) is 72.1 Å². The molecule has 5 nitrogen and oxygen atoms in total. The number of aromatic nitrogens is 4. The van der Waals surface area contributed by atoms with Gasteiger partial charge < -0.3 is 24.7 Å². The van der Waals surface area contributed by atoms with E-state index in [1.807, 2.05) is 12.2 Å². The van der Waals surface area contributed by atoms with Crippen molar-refractivity contribution in [1.82, 2.24) is 19.9 Å².